The monoisotopic (exact) mass is 523 g/mol. The number of nitrogens with zero attached hydrogens (tertiary/aromatic N) is 4. The number of rotatable bonds is 8. The Labute approximate surface area is 215 Å². The molecule has 2 heterocycles. The number of ether oxygens (including phenoxy) is 1. The third-order valence-corrected chi connectivity index (χ3v) is 6.86. The van der Waals surface area contributed by atoms with Gasteiger partial charge in [-0.1, -0.05) is 12.1 Å². The second kappa shape index (κ2) is 12.9. The lowest BCUT2D eigenvalue weighted by Crippen LogP contribution is -2.48. The van der Waals surface area contributed by atoms with Gasteiger partial charge in [-0.2, -0.15) is 13.2 Å². The molecule has 0 aliphatic carbocycles. The molecule has 1 amide bonds. The van der Waals surface area contributed by atoms with Crippen LogP contribution < -0.4 is 10.5 Å². The van der Waals surface area contributed by atoms with Crippen LogP contribution in [0.4, 0.5) is 13.2 Å². The number of nitrogens with two attached hydrogens (primary N) is 1. The van der Waals surface area contributed by atoms with Crippen molar-refractivity contribution in [2.45, 2.75) is 44.7 Å². The minimum atomic E-state index is -4.82. The molecule has 0 saturated carbocycles. The maximum Gasteiger partial charge on any atom is 0.450 e. The zero-order chi connectivity index (χ0) is 27.0. The van der Waals surface area contributed by atoms with Crippen LogP contribution in [0, 0.1) is 10.8 Å². The van der Waals surface area contributed by atoms with Crippen molar-refractivity contribution in [2.24, 2.45) is 10.7 Å². The zero-order valence-electron chi connectivity index (χ0n) is 21.2. The summed E-state index contributed by atoms with van der Waals surface area (Å²) < 4.78 is 43.1. The lowest BCUT2D eigenvalue weighted by Gasteiger charge is -2.34. The smallest absolute Gasteiger partial charge is 0.450 e. The number of alkyl halides is 3. The molecule has 0 bridgehead atoms. The standard InChI is InChI=1S/C25H36F3N7O2/c1-18(36)34-14-12-33(13-15-34)16-17-37-21-4-2-19(3-5-21)20-8-10-35(11-9-20)23(30)7-6-22(29)32-24(31)25(26,27)28/h2-5,20,30H,6-17H2,1H3,(H3,29,31,32). The molecule has 4 N–H and O–H groups in total. The van der Waals surface area contributed by atoms with E-state index in [1.54, 1.807) is 6.92 Å². The quantitative estimate of drug-likeness (QED) is 0.357. The normalized spacial score (nSPS) is 18.1. The Morgan fingerprint density at radius 3 is 2.22 bits per heavy atom. The fraction of sp³-hybridized carbons (Fsp3) is 0.600. The molecule has 1 aromatic carbocycles. The van der Waals surface area contributed by atoms with Gasteiger partial charge in [0.2, 0.25) is 11.7 Å². The second-order valence-corrected chi connectivity index (χ2v) is 9.42. The fourth-order valence-corrected chi connectivity index (χ4v) is 4.57. The van der Waals surface area contributed by atoms with E-state index >= 15 is 0 Å². The van der Waals surface area contributed by atoms with Crippen molar-refractivity contribution in [3.63, 3.8) is 0 Å². The maximum absolute atomic E-state index is 12.4. The van der Waals surface area contributed by atoms with Gasteiger partial charge in [0, 0.05) is 65.6 Å². The van der Waals surface area contributed by atoms with E-state index in [4.69, 9.17) is 21.3 Å². The van der Waals surface area contributed by atoms with Crippen molar-refractivity contribution in [1.82, 2.24) is 14.7 Å². The SMILES string of the molecule is CC(=O)N1CCN(CCOc2ccc(C3CCN(C(=N)CCC(N)=NC(=N)C(F)(F)F)CC3)cc2)CC1. The Hall–Kier alpha value is -3.15. The van der Waals surface area contributed by atoms with Crippen LogP contribution >= 0.6 is 0 Å². The van der Waals surface area contributed by atoms with E-state index in [0.717, 1.165) is 51.3 Å². The molecule has 2 aliphatic rings. The summed E-state index contributed by atoms with van der Waals surface area (Å²) in [6.45, 7) is 7.64. The van der Waals surface area contributed by atoms with Gasteiger partial charge in [-0.15, -0.1) is 0 Å². The van der Waals surface area contributed by atoms with Crippen molar-refractivity contribution in [3.8, 4) is 5.75 Å². The van der Waals surface area contributed by atoms with Gasteiger partial charge >= 0.3 is 6.18 Å². The molecule has 2 fully saturated rings. The van der Waals surface area contributed by atoms with Gasteiger partial charge in [-0.05, 0) is 36.5 Å². The van der Waals surface area contributed by atoms with Gasteiger partial charge in [0.15, 0.2) is 0 Å². The summed E-state index contributed by atoms with van der Waals surface area (Å²) in [6.07, 6.45) is -2.89. The molecule has 3 rings (SSSR count). The van der Waals surface area contributed by atoms with Crippen molar-refractivity contribution in [3.05, 3.63) is 29.8 Å². The molecule has 37 heavy (non-hydrogen) atoms. The average molecular weight is 524 g/mol. The van der Waals surface area contributed by atoms with Gasteiger partial charge < -0.3 is 20.3 Å². The Morgan fingerprint density at radius 1 is 1.03 bits per heavy atom. The number of amidine groups is 3. The van der Waals surface area contributed by atoms with Gasteiger partial charge in [0.05, 0.1) is 5.84 Å². The molecule has 2 aliphatic heterocycles. The summed E-state index contributed by atoms with van der Waals surface area (Å²) in [5, 5.41) is 15.1. The van der Waals surface area contributed by atoms with Crippen LogP contribution in [0.2, 0.25) is 0 Å². The number of amides is 1. The third-order valence-electron chi connectivity index (χ3n) is 6.86. The summed E-state index contributed by atoms with van der Waals surface area (Å²) >= 11 is 0. The fourth-order valence-electron chi connectivity index (χ4n) is 4.57. The highest BCUT2D eigenvalue weighted by Crippen LogP contribution is 2.29. The number of halogens is 3. The molecule has 9 nitrogen and oxygen atoms in total. The van der Waals surface area contributed by atoms with Crippen LogP contribution in [0.3, 0.4) is 0 Å². The molecular formula is C25H36F3N7O2. The second-order valence-electron chi connectivity index (χ2n) is 9.42. The molecule has 0 atom stereocenters. The van der Waals surface area contributed by atoms with E-state index in [1.165, 1.54) is 5.56 Å². The Bertz CT molecular complexity index is 965. The van der Waals surface area contributed by atoms with Crippen LogP contribution in [0.5, 0.6) is 5.75 Å². The first kappa shape index (κ1) is 28.4. The van der Waals surface area contributed by atoms with Crippen LogP contribution in [0.25, 0.3) is 0 Å². The molecular weight excluding hydrogens is 487 g/mol. The van der Waals surface area contributed by atoms with E-state index < -0.39 is 12.0 Å². The Morgan fingerprint density at radius 2 is 1.65 bits per heavy atom. The Kier molecular flexibility index (Phi) is 9.90. The summed E-state index contributed by atoms with van der Waals surface area (Å²) in [4.78, 5) is 20.6. The lowest BCUT2D eigenvalue weighted by atomic mass is 9.89. The number of hydrogen-bond donors (Lipinski definition) is 3. The van der Waals surface area contributed by atoms with Crippen LogP contribution in [0.1, 0.15) is 44.1 Å². The minimum absolute atomic E-state index is 0.00725. The summed E-state index contributed by atoms with van der Waals surface area (Å²) in [5.41, 5.74) is 6.73. The number of likely N-dealkylation sites (tertiary alicyclic amines) is 1. The van der Waals surface area contributed by atoms with Crippen molar-refractivity contribution < 1.29 is 22.7 Å². The van der Waals surface area contributed by atoms with E-state index in [9.17, 15) is 18.0 Å². The van der Waals surface area contributed by atoms with Gasteiger partial charge in [0.25, 0.3) is 0 Å². The first-order chi connectivity index (χ1) is 17.5. The predicted molar refractivity (Wildman–Crippen MR) is 137 cm³/mol. The molecule has 2 saturated heterocycles. The van der Waals surface area contributed by atoms with Crippen molar-refractivity contribution >= 4 is 23.4 Å². The zero-order valence-corrected chi connectivity index (χ0v) is 21.2. The van der Waals surface area contributed by atoms with Crippen molar-refractivity contribution in [2.75, 3.05) is 52.4 Å². The summed E-state index contributed by atoms with van der Waals surface area (Å²) in [5.74, 6) is -0.377. The average Bonchev–Trinajstić information content (AvgIpc) is 2.87. The maximum atomic E-state index is 12.4. The molecule has 0 spiro atoms. The van der Waals surface area contributed by atoms with Crippen LogP contribution in [-0.4, -0.2) is 96.7 Å². The highest BCUT2D eigenvalue weighted by Gasteiger charge is 2.34. The number of carbonyl (C=O) groups excluding carboxylic acids is 1. The first-order valence-electron chi connectivity index (χ1n) is 12.5. The van der Waals surface area contributed by atoms with E-state index in [2.05, 4.69) is 22.0 Å². The Balaban J connectivity index is 1.36. The van der Waals surface area contributed by atoms with E-state index in [0.29, 0.717) is 31.4 Å². The van der Waals surface area contributed by atoms with Gasteiger partial charge in [-0.25, -0.2) is 4.99 Å². The number of piperidine rings is 1. The van der Waals surface area contributed by atoms with Crippen LogP contribution in [0.15, 0.2) is 29.3 Å². The number of piperazine rings is 1. The minimum Gasteiger partial charge on any atom is -0.492 e. The summed E-state index contributed by atoms with van der Waals surface area (Å²) in [6, 6.07) is 8.13. The molecule has 0 aromatic heterocycles. The number of aliphatic imine (C=N–C) groups is 1. The van der Waals surface area contributed by atoms with Gasteiger partial charge in [0.1, 0.15) is 18.2 Å². The summed E-state index contributed by atoms with van der Waals surface area (Å²) in [7, 11) is 0. The highest BCUT2D eigenvalue weighted by atomic mass is 19.4. The molecule has 12 heteroatoms. The third kappa shape index (κ3) is 8.73. The first-order valence-corrected chi connectivity index (χ1v) is 12.5. The molecule has 204 valence electrons. The van der Waals surface area contributed by atoms with Gasteiger partial charge in [-0.3, -0.25) is 20.5 Å². The molecule has 1 aromatic rings. The highest BCUT2D eigenvalue weighted by molar-refractivity contribution is 5.98. The van der Waals surface area contributed by atoms with E-state index in [1.807, 2.05) is 21.9 Å². The number of hydrogen-bond acceptors (Lipinski definition) is 5. The number of nitrogens with one attached hydrogen (secondary N) is 2. The molecule has 0 radical (unpaired) electrons. The number of carbonyl (C=O) groups is 1. The lowest BCUT2D eigenvalue weighted by molar-refractivity contribution is -0.130. The topological polar surface area (TPSA) is 122 Å². The number of benzene rings is 1. The van der Waals surface area contributed by atoms with Crippen LogP contribution in [-0.2, 0) is 4.79 Å². The van der Waals surface area contributed by atoms with Crippen molar-refractivity contribution in [1.29, 1.82) is 10.8 Å². The molecule has 0 unspecified atom stereocenters. The predicted octanol–water partition coefficient (Wildman–Crippen LogP) is 3.06. The van der Waals surface area contributed by atoms with E-state index in [-0.39, 0.29) is 24.6 Å². The largest absolute Gasteiger partial charge is 0.492 e.